The molecule has 0 atom stereocenters. The van der Waals surface area contributed by atoms with Gasteiger partial charge in [-0.15, -0.1) is 0 Å². The van der Waals surface area contributed by atoms with Crippen LogP contribution in [0.2, 0.25) is 0 Å². The maximum atomic E-state index is 13.2. The lowest BCUT2D eigenvalue weighted by Gasteiger charge is -2.17. The molecule has 0 N–H and O–H groups in total. The van der Waals surface area contributed by atoms with Crippen molar-refractivity contribution < 1.29 is 27.1 Å². The second kappa shape index (κ2) is 10.6. The van der Waals surface area contributed by atoms with Gasteiger partial charge in [-0.3, -0.25) is 19.8 Å². The van der Waals surface area contributed by atoms with Crippen molar-refractivity contribution in [3.05, 3.63) is 91.9 Å². The second-order valence-corrected chi connectivity index (χ2v) is 11.7. The molecular formula is C26H22N2O7S3. The van der Waals surface area contributed by atoms with Crippen LogP contribution in [0.3, 0.4) is 0 Å². The third-order valence-corrected chi connectivity index (χ3v) is 8.27. The molecule has 0 radical (unpaired) electrons. The number of thioether (sulfide) groups is 1. The van der Waals surface area contributed by atoms with Crippen LogP contribution in [-0.4, -0.2) is 30.7 Å². The van der Waals surface area contributed by atoms with Crippen molar-refractivity contribution in [3.63, 3.8) is 0 Å². The first-order valence-electron chi connectivity index (χ1n) is 11.1. The molecule has 4 rings (SSSR count). The van der Waals surface area contributed by atoms with E-state index < -0.39 is 15.0 Å². The molecule has 1 fully saturated rings. The van der Waals surface area contributed by atoms with E-state index in [0.29, 0.717) is 26.0 Å². The number of hydrogen-bond acceptors (Lipinski definition) is 9. The first-order valence-corrected chi connectivity index (χ1v) is 13.8. The maximum Gasteiger partial charge on any atom is 0.339 e. The monoisotopic (exact) mass is 570 g/mol. The van der Waals surface area contributed by atoms with Crippen molar-refractivity contribution in [2.45, 2.75) is 25.7 Å². The van der Waals surface area contributed by atoms with Gasteiger partial charge in [0.2, 0.25) is 0 Å². The number of carbonyl (C=O) groups is 1. The third-order valence-electron chi connectivity index (χ3n) is 5.74. The van der Waals surface area contributed by atoms with E-state index in [1.165, 1.54) is 43.2 Å². The number of ether oxygens (including phenoxy) is 1. The molecule has 0 unspecified atom stereocenters. The normalized spacial score (nSPS) is 14.7. The van der Waals surface area contributed by atoms with Crippen LogP contribution in [0.15, 0.2) is 64.4 Å². The molecule has 1 amide bonds. The Morgan fingerprint density at radius 1 is 1.00 bits per heavy atom. The Labute approximate surface area is 229 Å². The van der Waals surface area contributed by atoms with Gasteiger partial charge in [0, 0.05) is 11.6 Å². The van der Waals surface area contributed by atoms with Crippen LogP contribution in [-0.2, 0) is 14.9 Å². The van der Waals surface area contributed by atoms with E-state index in [9.17, 15) is 23.3 Å². The van der Waals surface area contributed by atoms with Gasteiger partial charge in [0.1, 0.15) is 4.90 Å². The first kappa shape index (κ1) is 27.3. The van der Waals surface area contributed by atoms with Crippen molar-refractivity contribution in [2.24, 2.45) is 0 Å². The molecule has 0 aromatic heterocycles. The van der Waals surface area contributed by atoms with Gasteiger partial charge in [-0.2, -0.15) is 8.42 Å². The van der Waals surface area contributed by atoms with Gasteiger partial charge in [-0.25, -0.2) is 0 Å². The molecule has 9 nitrogen and oxygen atoms in total. The second-order valence-electron chi connectivity index (χ2n) is 8.46. The quantitative estimate of drug-likeness (QED) is 0.116. The van der Waals surface area contributed by atoms with Crippen molar-refractivity contribution in [1.82, 2.24) is 0 Å². The van der Waals surface area contributed by atoms with Gasteiger partial charge in [0.25, 0.3) is 11.6 Å². The van der Waals surface area contributed by atoms with Crippen molar-refractivity contribution in [3.8, 4) is 11.5 Å². The van der Waals surface area contributed by atoms with Crippen LogP contribution in [0, 0.1) is 30.9 Å². The van der Waals surface area contributed by atoms with Gasteiger partial charge in [0.05, 0.1) is 22.6 Å². The summed E-state index contributed by atoms with van der Waals surface area (Å²) in [7, 11) is -3.05. The lowest BCUT2D eigenvalue weighted by molar-refractivity contribution is -0.385. The molecule has 0 bridgehead atoms. The minimum Gasteiger partial charge on any atom is -0.493 e. The lowest BCUT2D eigenvalue weighted by Crippen LogP contribution is -2.28. The Bertz CT molecular complexity index is 1630. The summed E-state index contributed by atoms with van der Waals surface area (Å²) in [5.41, 5.74) is 3.24. The van der Waals surface area contributed by atoms with Crippen molar-refractivity contribution in [2.75, 3.05) is 12.0 Å². The molecule has 0 saturated carbocycles. The molecule has 1 saturated heterocycles. The maximum absolute atomic E-state index is 13.2. The van der Waals surface area contributed by atoms with Gasteiger partial charge in [-0.1, -0.05) is 53.8 Å². The van der Waals surface area contributed by atoms with E-state index in [0.717, 1.165) is 29.0 Å². The number of methoxy groups -OCH3 is 1. The molecule has 1 heterocycles. The number of hydrogen-bond donors (Lipinski definition) is 0. The molecule has 0 spiro atoms. The highest BCUT2D eigenvalue weighted by molar-refractivity contribution is 8.27. The number of anilines is 1. The SMILES string of the molecule is COc1cc(/C=C2/SC(=S)N(c3ccc(C)cc3C)C2=O)ccc1OS(=O)(=O)c1ccc(C)c([N+](=O)[O-])c1. The summed E-state index contributed by atoms with van der Waals surface area (Å²) in [6, 6.07) is 13.7. The van der Waals surface area contributed by atoms with E-state index in [2.05, 4.69) is 0 Å². The zero-order chi connectivity index (χ0) is 27.8. The number of amides is 1. The lowest BCUT2D eigenvalue weighted by atomic mass is 10.1. The number of carbonyl (C=O) groups excluding carboxylic acids is 1. The predicted octanol–water partition coefficient (Wildman–Crippen LogP) is 5.70. The minimum atomic E-state index is -4.40. The fourth-order valence-electron chi connectivity index (χ4n) is 3.83. The number of nitrogens with zero attached hydrogens (tertiary/aromatic N) is 2. The standard InChI is InChI=1S/C26H22N2O7S3/c1-15-5-9-20(17(3)11-15)27-25(29)24(37-26(27)36)13-18-7-10-22(23(12-18)34-4)35-38(32,33)19-8-6-16(2)21(14-19)28(30)31/h5-14H,1-4H3/b24-13+. The topological polar surface area (TPSA) is 116 Å². The number of rotatable bonds is 7. The van der Waals surface area contributed by atoms with Gasteiger partial charge >= 0.3 is 10.1 Å². The Morgan fingerprint density at radius 3 is 2.39 bits per heavy atom. The first-order chi connectivity index (χ1) is 17.9. The predicted molar refractivity (Wildman–Crippen MR) is 150 cm³/mol. The van der Waals surface area contributed by atoms with Gasteiger partial charge in [-0.05, 0) is 62.2 Å². The smallest absolute Gasteiger partial charge is 0.339 e. The molecule has 1 aliphatic heterocycles. The number of thiocarbonyl (C=S) groups is 1. The van der Waals surface area contributed by atoms with Crippen LogP contribution < -0.4 is 13.8 Å². The fraction of sp³-hybridized carbons (Fsp3) is 0.154. The average molecular weight is 571 g/mol. The van der Waals surface area contributed by atoms with Crippen LogP contribution >= 0.6 is 24.0 Å². The molecule has 0 aliphatic carbocycles. The Balaban J connectivity index is 1.61. The Morgan fingerprint density at radius 2 is 1.74 bits per heavy atom. The number of aryl methyl sites for hydroxylation is 3. The van der Waals surface area contributed by atoms with Crippen molar-refractivity contribution in [1.29, 1.82) is 0 Å². The van der Waals surface area contributed by atoms with E-state index in [1.54, 1.807) is 12.1 Å². The zero-order valence-electron chi connectivity index (χ0n) is 20.8. The summed E-state index contributed by atoms with van der Waals surface area (Å²) in [5.74, 6) is -0.292. The molecule has 12 heteroatoms. The van der Waals surface area contributed by atoms with E-state index in [-0.39, 0.29) is 28.0 Å². The van der Waals surface area contributed by atoms with Crippen LogP contribution in [0.1, 0.15) is 22.3 Å². The highest BCUT2D eigenvalue weighted by Crippen LogP contribution is 2.39. The van der Waals surface area contributed by atoms with E-state index >= 15 is 0 Å². The summed E-state index contributed by atoms with van der Waals surface area (Å²) in [4.78, 5) is 25.3. The van der Waals surface area contributed by atoms with Gasteiger partial charge in [0.15, 0.2) is 15.8 Å². The molecule has 1 aliphatic rings. The Hall–Kier alpha value is -3.74. The van der Waals surface area contributed by atoms with E-state index in [1.807, 2.05) is 32.0 Å². The van der Waals surface area contributed by atoms with Crippen LogP contribution in [0.5, 0.6) is 11.5 Å². The highest BCUT2D eigenvalue weighted by atomic mass is 32.2. The molecule has 3 aromatic carbocycles. The fourth-order valence-corrected chi connectivity index (χ4v) is 6.08. The number of nitro benzene ring substituents is 1. The summed E-state index contributed by atoms with van der Waals surface area (Å²) < 4.78 is 36.6. The molecule has 38 heavy (non-hydrogen) atoms. The molecule has 3 aromatic rings. The van der Waals surface area contributed by atoms with E-state index in [4.69, 9.17) is 21.1 Å². The number of nitro groups is 1. The zero-order valence-corrected chi connectivity index (χ0v) is 23.2. The van der Waals surface area contributed by atoms with Crippen molar-refractivity contribution >= 4 is 61.8 Å². The van der Waals surface area contributed by atoms with Crippen LogP contribution in [0.25, 0.3) is 6.08 Å². The highest BCUT2D eigenvalue weighted by Gasteiger charge is 2.34. The average Bonchev–Trinajstić information content (AvgIpc) is 3.12. The third kappa shape index (κ3) is 5.42. The van der Waals surface area contributed by atoms with Gasteiger partial charge < -0.3 is 8.92 Å². The largest absolute Gasteiger partial charge is 0.493 e. The summed E-state index contributed by atoms with van der Waals surface area (Å²) in [6.45, 7) is 5.39. The summed E-state index contributed by atoms with van der Waals surface area (Å²) >= 11 is 6.63. The van der Waals surface area contributed by atoms with Crippen LogP contribution in [0.4, 0.5) is 11.4 Å². The summed E-state index contributed by atoms with van der Waals surface area (Å²) in [5, 5.41) is 11.2. The molecular weight excluding hydrogens is 548 g/mol. The molecule has 196 valence electrons. The minimum absolute atomic E-state index is 0.0915. The number of benzene rings is 3. The summed E-state index contributed by atoms with van der Waals surface area (Å²) in [6.07, 6.45) is 1.63. The Kier molecular flexibility index (Phi) is 7.58.